The summed E-state index contributed by atoms with van der Waals surface area (Å²) >= 11 is 1.59. The molecule has 0 bridgehead atoms. The van der Waals surface area contributed by atoms with Crippen LogP contribution in [0.4, 0.5) is 5.69 Å². The molecule has 2 aromatic rings. The smallest absolute Gasteiger partial charge is 0.229 e. The first kappa shape index (κ1) is 13.7. The first-order chi connectivity index (χ1) is 8.95. The average Bonchev–Trinajstić information content (AvgIpc) is 2.62. The highest BCUT2D eigenvalue weighted by molar-refractivity contribution is 7.11. The lowest BCUT2D eigenvalue weighted by atomic mass is 10.1. The summed E-state index contributed by atoms with van der Waals surface area (Å²) in [5.41, 5.74) is 4.07. The molecule has 0 unspecified atom stereocenters. The van der Waals surface area contributed by atoms with Gasteiger partial charge in [0.25, 0.3) is 0 Å². The van der Waals surface area contributed by atoms with Crippen molar-refractivity contribution in [1.82, 2.24) is 4.98 Å². The SMILES string of the molecule is Cc1ccc(C)c(NC(=O)Cc2sc(C)nc2C)c1. The lowest BCUT2D eigenvalue weighted by Gasteiger charge is -2.09. The summed E-state index contributed by atoms with van der Waals surface area (Å²) in [5, 5.41) is 3.98. The Balaban J connectivity index is 2.09. The van der Waals surface area contributed by atoms with E-state index >= 15 is 0 Å². The highest BCUT2D eigenvalue weighted by Crippen LogP contribution is 2.20. The van der Waals surface area contributed by atoms with E-state index in [1.54, 1.807) is 11.3 Å². The van der Waals surface area contributed by atoms with Crippen LogP contribution in [-0.4, -0.2) is 10.9 Å². The van der Waals surface area contributed by atoms with Gasteiger partial charge in [0.05, 0.1) is 17.1 Å². The molecular formula is C15H18N2OS. The number of nitrogens with zero attached hydrogens (tertiary/aromatic N) is 1. The molecule has 0 aliphatic heterocycles. The van der Waals surface area contributed by atoms with E-state index in [1.807, 2.05) is 45.9 Å². The molecule has 4 heteroatoms. The van der Waals surface area contributed by atoms with Crippen LogP contribution in [0.25, 0.3) is 0 Å². The number of aryl methyl sites for hydroxylation is 4. The Kier molecular flexibility index (Phi) is 4.00. The summed E-state index contributed by atoms with van der Waals surface area (Å²) in [4.78, 5) is 17.5. The minimum Gasteiger partial charge on any atom is -0.326 e. The molecule has 0 atom stereocenters. The van der Waals surface area contributed by atoms with Crippen molar-refractivity contribution in [3.8, 4) is 0 Å². The first-order valence-electron chi connectivity index (χ1n) is 6.25. The second kappa shape index (κ2) is 5.53. The van der Waals surface area contributed by atoms with Gasteiger partial charge in [-0.25, -0.2) is 4.98 Å². The number of nitrogens with one attached hydrogen (secondary N) is 1. The third kappa shape index (κ3) is 3.41. The van der Waals surface area contributed by atoms with Crippen LogP contribution in [0, 0.1) is 27.7 Å². The van der Waals surface area contributed by atoms with Crippen LogP contribution in [-0.2, 0) is 11.2 Å². The molecule has 0 saturated heterocycles. The summed E-state index contributed by atoms with van der Waals surface area (Å²) in [6.07, 6.45) is 0.394. The molecule has 19 heavy (non-hydrogen) atoms. The molecule has 0 fully saturated rings. The standard InChI is InChI=1S/C15H18N2OS/c1-9-5-6-10(2)13(7-9)17-15(18)8-14-11(3)16-12(4)19-14/h5-7H,8H2,1-4H3,(H,17,18). The molecule has 100 valence electrons. The van der Waals surface area contributed by atoms with E-state index in [-0.39, 0.29) is 5.91 Å². The Morgan fingerprint density at radius 2 is 2.00 bits per heavy atom. The van der Waals surface area contributed by atoms with Gasteiger partial charge in [-0.05, 0) is 44.9 Å². The zero-order valence-electron chi connectivity index (χ0n) is 11.7. The molecule has 0 spiro atoms. The maximum absolute atomic E-state index is 12.1. The molecule has 0 aliphatic carbocycles. The summed E-state index contributed by atoms with van der Waals surface area (Å²) < 4.78 is 0. The Labute approximate surface area is 117 Å². The van der Waals surface area contributed by atoms with Crippen LogP contribution in [0.2, 0.25) is 0 Å². The number of hydrogen-bond donors (Lipinski definition) is 1. The zero-order chi connectivity index (χ0) is 14.0. The maximum Gasteiger partial charge on any atom is 0.229 e. The van der Waals surface area contributed by atoms with Gasteiger partial charge in [-0.1, -0.05) is 12.1 Å². The van der Waals surface area contributed by atoms with Crippen LogP contribution < -0.4 is 5.32 Å². The van der Waals surface area contributed by atoms with Gasteiger partial charge in [0.2, 0.25) is 5.91 Å². The van der Waals surface area contributed by atoms with Gasteiger partial charge in [0, 0.05) is 10.6 Å². The number of thiazole rings is 1. The molecule has 1 aromatic carbocycles. The maximum atomic E-state index is 12.1. The highest BCUT2D eigenvalue weighted by atomic mass is 32.1. The van der Waals surface area contributed by atoms with Crippen molar-refractivity contribution >= 4 is 22.9 Å². The van der Waals surface area contributed by atoms with Crippen molar-refractivity contribution in [2.75, 3.05) is 5.32 Å². The molecule has 0 saturated carbocycles. The van der Waals surface area contributed by atoms with Crippen LogP contribution in [0.15, 0.2) is 18.2 Å². The number of benzene rings is 1. The molecule has 2 rings (SSSR count). The third-order valence-corrected chi connectivity index (χ3v) is 4.06. The fourth-order valence-corrected chi connectivity index (χ4v) is 2.88. The van der Waals surface area contributed by atoms with Crippen molar-refractivity contribution < 1.29 is 4.79 Å². The van der Waals surface area contributed by atoms with Crippen LogP contribution in [0.5, 0.6) is 0 Å². The normalized spacial score (nSPS) is 10.5. The second-order valence-corrected chi connectivity index (χ2v) is 6.07. The second-order valence-electron chi connectivity index (χ2n) is 4.78. The lowest BCUT2D eigenvalue weighted by Crippen LogP contribution is -2.15. The van der Waals surface area contributed by atoms with Gasteiger partial charge in [-0.2, -0.15) is 0 Å². The fraction of sp³-hybridized carbons (Fsp3) is 0.333. The number of anilines is 1. The average molecular weight is 274 g/mol. The van der Waals surface area contributed by atoms with Gasteiger partial charge in [-0.3, -0.25) is 4.79 Å². The van der Waals surface area contributed by atoms with E-state index in [0.717, 1.165) is 32.4 Å². The Hall–Kier alpha value is -1.68. The monoisotopic (exact) mass is 274 g/mol. The van der Waals surface area contributed by atoms with E-state index in [2.05, 4.69) is 10.3 Å². The Morgan fingerprint density at radius 3 is 2.63 bits per heavy atom. The van der Waals surface area contributed by atoms with Gasteiger partial charge in [-0.15, -0.1) is 11.3 Å². The van der Waals surface area contributed by atoms with Crippen molar-refractivity contribution in [3.05, 3.63) is 44.9 Å². The van der Waals surface area contributed by atoms with Crippen LogP contribution in [0.3, 0.4) is 0 Å². The topological polar surface area (TPSA) is 42.0 Å². The molecular weight excluding hydrogens is 256 g/mol. The minimum atomic E-state index is 0.0143. The summed E-state index contributed by atoms with van der Waals surface area (Å²) in [6.45, 7) is 7.93. The van der Waals surface area contributed by atoms with Crippen LogP contribution in [0.1, 0.15) is 26.7 Å². The van der Waals surface area contributed by atoms with E-state index in [9.17, 15) is 4.79 Å². The van der Waals surface area contributed by atoms with Crippen LogP contribution >= 0.6 is 11.3 Å². The van der Waals surface area contributed by atoms with Crippen molar-refractivity contribution in [3.63, 3.8) is 0 Å². The van der Waals surface area contributed by atoms with Crippen molar-refractivity contribution in [1.29, 1.82) is 0 Å². The van der Waals surface area contributed by atoms with Gasteiger partial charge in [0.1, 0.15) is 0 Å². The first-order valence-corrected chi connectivity index (χ1v) is 7.07. The number of hydrogen-bond acceptors (Lipinski definition) is 3. The van der Waals surface area contributed by atoms with Gasteiger partial charge < -0.3 is 5.32 Å². The number of carbonyl (C=O) groups excluding carboxylic acids is 1. The molecule has 1 heterocycles. The zero-order valence-corrected chi connectivity index (χ0v) is 12.5. The number of amides is 1. The highest BCUT2D eigenvalue weighted by Gasteiger charge is 2.11. The quantitative estimate of drug-likeness (QED) is 0.930. The predicted octanol–water partition coefficient (Wildman–Crippen LogP) is 3.56. The van der Waals surface area contributed by atoms with E-state index in [1.165, 1.54) is 0 Å². The van der Waals surface area contributed by atoms with E-state index in [4.69, 9.17) is 0 Å². The lowest BCUT2D eigenvalue weighted by molar-refractivity contribution is -0.115. The Morgan fingerprint density at radius 1 is 1.26 bits per heavy atom. The van der Waals surface area contributed by atoms with Gasteiger partial charge in [0.15, 0.2) is 0 Å². The van der Waals surface area contributed by atoms with Gasteiger partial charge >= 0.3 is 0 Å². The molecule has 3 nitrogen and oxygen atoms in total. The third-order valence-electron chi connectivity index (χ3n) is 2.99. The van der Waals surface area contributed by atoms with E-state index < -0.39 is 0 Å². The largest absolute Gasteiger partial charge is 0.326 e. The number of carbonyl (C=O) groups is 1. The molecule has 1 aromatic heterocycles. The van der Waals surface area contributed by atoms with E-state index in [0.29, 0.717) is 6.42 Å². The van der Waals surface area contributed by atoms with Crippen molar-refractivity contribution in [2.45, 2.75) is 34.1 Å². The van der Waals surface area contributed by atoms with Crippen molar-refractivity contribution in [2.24, 2.45) is 0 Å². The summed E-state index contributed by atoms with van der Waals surface area (Å²) in [7, 11) is 0. The molecule has 1 amide bonds. The number of aromatic nitrogens is 1. The summed E-state index contributed by atoms with van der Waals surface area (Å²) in [5.74, 6) is 0.0143. The predicted molar refractivity (Wildman–Crippen MR) is 79.8 cm³/mol. The minimum absolute atomic E-state index is 0.0143. The fourth-order valence-electron chi connectivity index (χ4n) is 1.95. The Bertz CT molecular complexity index is 617. The number of rotatable bonds is 3. The molecule has 0 radical (unpaired) electrons. The molecule has 0 aliphatic rings. The molecule has 1 N–H and O–H groups in total. The summed E-state index contributed by atoms with van der Waals surface area (Å²) in [6, 6.07) is 6.06.